The van der Waals surface area contributed by atoms with Crippen molar-refractivity contribution in [3.8, 4) is 0 Å². The molecule has 1 saturated heterocycles. The third-order valence-corrected chi connectivity index (χ3v) is 5.17. The molecule has 1 atom stereocenters. The van der Waals surface area contributed by atoms with Crippen LogP contribution < -0.4 is 10.6 Å². The van der Waals surface area contributed by atoms with Crippen LogP contribution in [0.15, 0.2) is 41.8 Å². The summed E-state index contributed by atoms with van der Waals surface area (Å²) in [6, 6.07) is 9.86. The molecule has 0 aliphatic carbocycles. The third kappa shape index (κ3) is 3.52. The molecule has 0 saturated carbocycles. The minimum absolute atomic E-state index is 0.320. The molecule has 0 bridgehead atoms. The minimum atomic E-state index is -1.21. The van der Waals surface area contributed by atoms with E-state index in [0.717, 1.165) is 9.78 Å². The average molecular weight is 378 g/mol. The summed E-state index contributed by atoms with van der Waals surface area (Å²) in [6.45, 7) is 1.66. The van der Waals surface area contributed by atoms with Crippen molar-refractivity contribution >= 4 is 40.8 Å². The zero-order valence-electron chi connectivity index (χ0n) is 13.4. The summed E-state index contributed by atoms with van der Waals surface area (Å²) in [4.78, 5) is 38.9. The number of hydrogen-bond donors (Lipinski definition) is 2. The van der Waals surface area contributed by atoms with Crippen molar-refractivity contribution < 1.29 is 14.4 Å². The van der Waals surface area contributed by atoms with Gasteiger partial charge in [-0.15, -0.1) is 11.3 Å². The molecule has 3 rings (SSSR count). The van der Waals surface area contributed by atoms with Crippen LogP contribution in [0.4, 0.5) is 4.79 Å². The summed E-state index contributed by atoms with van der Waals surface area (Å²) in [5, 5.41) is 7.81. The zero-order chi connectivity index (χ0) is 18.0. The first-order valence-electron chi connectivity index (χ1n) is 7.59. The van der Waals surface area contributed by atoms with E-state index in [2.05, 4.69) is 10.6 Å². The first-order valence-corrected chi connectivity index (χ1v) is 8.85. The Kier molecular flexibility index (Phi) is 4.78. The highest BCUT2D eigenvalue weighted by Gasteiger charge is 2.49. The summed E-state index contributed by atoms with van der Waals surface area (Å²) in [6.07, 6.45) is 0. The number of amides is 4. The van der Waals surface area contributed by atoms with Gasteiger partial charge >= 0.3 is 6.03 Å². The molecule has 2 aromatic rings. The lowest BCUT2D eigenvalue weighted by atomic mass is 9.92. The second-order valence-corrected chi connectivity index (χ2v) is 7.28. The van der Waals surface area contributed by atoms with Gasteiger partial charge in [-0.1, -0.05) is 29.8 Å². The highest BCUT2D eigenvalue weighted by atomic mass is 35.5. The van der Waals surface area contributed by atoms with Crippen LogP contribution in [0.5, 0.6) is 0 Å². The quantitative estimate of drug-likeness (QED) is 0.786. The van der Waals surface area contributed by atoms with Gasteiger partial charge in [-0.05, 0) is 36.1 Å². The molecular formula is C17H16ClN3O3S. The Bertz CT molecular complexity index is 807. The number of halogens is 1. The van der Waals surface area contributed by atoms with Crippen LogP contribution in [0.2, 0.25) is 5.02 Å². The van der Waals surface area contributed by atoms with Gasteiger partial charge < -0.3 is 10.6 Å². The summed E-state index contributed by atoms with van der Waals surface area (Å²) in [7, 11) is 0. The lowest BCUT2D eigenvalue weighted by molar-refractivity contribution is -0.134. The van der Waals surface area contributed by atoms with Crippen molar-refractivity contribution in [2.24, 2.45) is 0 Å². The van der Waals surface area contributed by atoms with Crippen molar-refractivity contribution in [1.82, 2.24) is 15.5 Å². The van der Waals surface area contributed by atoms with Gasteiger partial charge in [0, 0.05) is 9.90 Å². The topological polar surface area (TPSA) is 78.5 Å². The summed E-state index contributed by atoms with van der Waals surface area (Å²) in [5.74, 6) is -0.858. The van der Waals surface area contributed by atoms with Crippen molar-refractivity contribution in [3.63, 3.8) is 0 Å². The van der Waals surface area contributed by atoms with E-state index in [1.54, 1.807) is 31.2 Å². The molecule has 1 fully saturated rings. The maximum atomic E-state index is 12.7. The molecule has 25 heavy (non-hydrogen) atoms. The fourth-order valence-corrected chi connectivity index (χ4v) is 3.39. The fraction of sp³-hybridized carbons (Fsp3) is 0.235. The average Bonchev–Trinajstić information content (AvgIpc) is 3.17. The number of nitrogens with one attached hydrogen (secondary N) is 2. The second-order valence-electron chi connectivity index (χ2n) is 5.81. The number of imide groups is 1. The lowest BCUT2D eigenvalue weighted by Gasteiger charge is -2.22. The molecule has 1 aliphatic heterocycles. The van der Waals surface area contributed by atoms with E-state index in [1.807, 2.05) is 17.5 Å². The number of hydrogen-bond acceptors (Lipinski definition) is 4. The van der Waals surface area contributed by atoms with Crippen molar-refractivity contribution in [1.29, 1.82) is 0 Å². The van der Waals surface area contributed by atoms with E-state index in [1.165, 1.54) is 11.3 Å². The van der Waals surface area contributed by atoms with E-state index < -0.39 is 23.4 Å². The van der Waals surface area contributed by atoms with E-state index in [4.69, 9.17) is 11.6 Å². The predicted octanol–water partition coefficient (Wildman–Crippen LogP) is 2.48. The highest BCUT2D eigenvalue weighted by Crippen LogP contribution is 2.29. The van der Waals surface area contributed by atoms with Gasteiger partial charge in [-0.25, -0.2) is 4.79 Å². The van der Waals surface area contributed by atoms with E-state index in [0.29, 0.717) is 17.1 Å². The Labute approximate surface area is 153 Å². The molecule has 0 unspecified atom stereocenters. The number of rotatable bonds is 5. The molecule has 1 aromatic carbocycles. The number of benzene rings is 1. The monoisotopic (exact) mass is 377 g/mol. The van der Waals surface area contributed by atoms with Crippen LogP contribution in [0.3, 0.4) is 0 Å². The molecule has 2 heterocycles. The molecule has 4 amide bonds. The first-order chi connectivity index (χ1) is 11.9. The van der Waals surface area contributed by atoms with Crippen LogP contribution in [-0.4, -0.2) is 29.3 Å². The molecule has 8 heteroatoms. The maximum Gasteiger partial charge on any atom is 0.325 e. The fourth-order valence-electron chi connectivity index (χ4n) is 2.62. The molecule has 0 spiro atoms. The minimum Gasteiger partial charge on any atom is -0.350 e. The zero-order valence-corrected chi connectivity index (χ0v) is 15.0. The first kappa shape index (κ1) is 17.4. The van der Waals surface area contributed by atoms with Gasteiger partial charge in [-0.3, -0.25) is 14.5 Å². The molecule has 2 N–H and O–H groups in total. The Morgan fingerprint density at radius 3 is 2.64 bits per heavy atom. The molecule has 1 aromatic heterocycles. The van der Waals surface area contributed by atoms with Gasteiger partial charge in [0.2, 0.25) is 5.91 Å². The van der Waals surface area contributed by atoms with Crippen molar-refractivity contribution in [2.45, 2.75) is 19.0 Å². The van der Waals surface area contributed by atoms with Crippen LogP contribution >= 0.6 is 22.9 Å². The maximum absolute atomic E-state index is 12.7. The number of carbonyl (C=O) groups is 3. The van der Waals surface area contributed by atoms with Crippen molar-refractivity contribution in [2.75, 3.05) is 6.54 Å². The van der Waals surface area contributed by atoms with Gasteiger partial charge in [-0.2, -0.15) is 0 Å². The molecule has 6 nitrogen and oxygen atoms in total. The van der Waals surface area contributed by atoms with Crippen molar-refractivity contribution in [3.05, 3.63) is 57.2 Å². The number of thiophene rings is 1. The second kappa shape index (κ2) is 6.85. The Morgan fingerprint density at radius 1 is 1.28 bits per heavy atom. The summed E-state index contributed by atoms with van der Waals surface area (Å²) < 4.78 is 0. The van der Waals surface area contributed by atoms with Gasteiger partial charge in [0.15, 0.2) is 0 Å². The van der Waals surface area contributed by atoms with Gasteiger partial charge in [0.05, 0.1) is 6.54 Å². The van der Waals surface area contributed by atoms with E-state index in [-0.39, 0.29) is 6.54 Å². The third-order valence-electron chi connectivity index (χ3n) is 4.04. The largest absolute Gasteiger partial charge is 0.350 e. The molecular weight excluding hydrogens is 362 g/mol. The molecule has 130 valence electrons. The van der Waals surface area contributed by atoms with Crippen LogP contribution in [0, 0.1) is 0 Å². The van der Waals surface area contributed by atoms with Crippen LogP contribution in [-0.2, 0) is 21.7 Å². The predicted molar refractivity (Wildman–Crippen MR) is 95.2 cm³/mol. The normalized spacial score (nSPS) is 19.8. The standard InChI is InChI=1S/C17H16ClN3O3S/c1-17(11-4-6-12(18)7-5-11)15(23)21(16(24)20-17)10-14(22)19-9-13-3-2-8-25-13/h2-8H,9-10H2,1H3,(H,19,22)(H,20,24)/t17-/m1/s1. The number of urea groups is 1. The van der Waals surface area contributed by atoms with Gasteiger partial charge in [0.25, 0.3) is 5.91 Å². The molecule has 0 radical (unpaired) electrons. The molecule has 1 aliphatic rings. The van der Waals surface area contributed by atoms with Crippen LogP contribution in [0.1, 0.15) is 17.4 Å². The summed E-state index contributed by atoms with van der Waals surface area (Å²) in [5.41, 5.74) is -0.604. The number of nitrogens with zero attached hydrogens (tertiary/aromatic N) is 1. The smallest absolute Gasteiger partial charge is 0.325 e. The van der Waals surface area contributed by atoms with Crippen LogP contribution in [0.25, 0.3) is 0 Å². The SMILES string of the molecule is C[C@]1(c2ccc(Cl)cc2)NC(=O)N(CC(=O)NCc2cccs2)C1=O. The lowest BCUT2D eigenvalue weighted by Crippen LogP contribution is -2.43. The Morgan fingerprint density at radius 2 is 2.00 bits per heavy atom. The Balaban J connectivity index is 1.68. The van der Waals surface area contributed by atoms with E-state index in [9.17, 15) is 14.4 Å². The summed E-state index contributed by atoms with van der Waals surface area (Å²) >= 11 is 7.39. The number of carbonyl (C=O) groups excluding carboxylic acids is 3. The van der Waals surface area contributed by atoms with E-state index >= 15 is 0 Å². The highest BCUT2D eigenvalue weighted by molar-refractivity contribution is 7.09. The Hall–Kier alpha value is -2.38. The van der Waals surface area contributed by atoms with Gasteiger partial charge in [0.1, 0.15) is 12.1 Å².